The minimum Gasteiger partial charge on any atom is -0.464 e. The highest BCUT2D eigenvalue weighted by molar-refractivity contribution is 5.77. The van der Waals surface area contributed by atoms with Crippen molar-refractivity contribution in [2.24, 2.45) is 0 Å². The van der Waals surface area contributed by atoms with E-state index in [4.69, 9.17) is 0 Å². The number of carbonyl (C=O) groups excluding carboxylic acids is 1. The normalized spacial score (nSPS) is 14.1. The molecule has 2 aromatic rings. The second-order valence-electron chi connectivity index (χ2n) is 3.95. The number of aliphatic hydroxyl groups is 2. The second-order valence-corrected chi connectivity index (χ2v) is 3.95. The highest BCUT2D eigenvalue weighted by atomic mass is 16.5. The molecule has 1 heterocycles. The molecule has 2 atom stereocenters. The van der Waals surface area contributed by atoms with Gasteiger partial charge in [0, 0.05) is 12.4 Å². The van der Waals surface area contributed by atoms with Crippen LogP contribution >= 0.6 is 0 Å². The smallest absolute Gasteiger partial charge is 0.338 e. The molecule has 2 N–H and O–H groups in total. The molecule has 0 amide bonds. The fourth-order valence-corrected chi connectivity index (χ4v) is 1.70. The summed E-state index contributed by atoms with van der Waals surface area (Å²) in [5.41, 5.74) is 1.63. The summed E-state index contributed by atoms with van der Waals surface area (Å²) in [6.45, 7) is 1.77. The maximum absolute atomic E-state index is 11.4. The first-order valence-corrected chi connectivity index (χ1v) is 5.87. The van der Waals surface area contributed by atoms with Crippen LogP contribution in [0.5, 0.6) is 0 Å². The van der Waals surface area contributed by atoms with Crippen molar-refractivity contribution >= 4 is 17.0 Å². The molecule has 0 bridgehead atoms. The van der Waals surface area contributed by atoms with Gasteiger partial charge in [0.2, 0.25) is 0 Å². The van der Waals surface area contributed by atoms with Crippen molar-refractivity contribution in [3.8, 4) is 0 Å². The van der Waals surface area contributed by atoms with Gasteiger partial charge in [0.1, 0.15) is 6.10 Å². The number of carbonyl (C=O) groups is 1. The fraction of sp³-hybridized carbons (Fsp3) is 0.308. The Balaban J connectivity index is 2.25. The molecule has 100 valence electrons. The molecule has 0 saturated heterocycles. The quantitative estimate of drug-likeness (QED) is 0.783. The molecule has 0 aliphatic heterocycles. The van der Waals surface area contributed by atoms with Crippen molar-refractivity contribution < 1.29 is 19.7 Å². The minimum atomic E-state index is -1.62. The van der Waals surface area contributed by atoms with Gasteiger partial charge in [-0.25, -0.2) is 4.79 Å². The molecular formula is C13H14N2O4. The summed E-state index contributed by atoms with van der Waals surface area (Å²) in [5, 5.41) is 19.6. The van der Waals surface area contributed by atoms with E-state index in [2.05, 4.69) is 14.7 Å². The van der Waals surface area contributed by atoms with Crippen molar-refractivity contribution in [3.63, 3.8) is 0 Å². The summed E-state index contributed by atoms with van der Waals surface area (Å²) in [4.78, 5) is 19.5. The Kier molecular flexibility index (Phi) is 4.03. The Bertz CT molecular complexity index is 588. The number of hydrogen-bond acceptors (Lipinski definition) is 6. The van der Waals surface area contributed by atoms with Crippen LogP contribution in [0.25, 0.3) is 11.0 Å². The molecule has 0 radical (unpaired) electrons. The number of nitrogens with zero attached hydrogens (tertiary/aromatic N) is 2. The lowest BCUT2D eigenvalue weighted by Gasteiger charge is -2.16. The second kappa shape index (κ2) is 5.73. The summed E-state index contributed by atoms with van der Waals surface area (Å²) < 4.78 is 4.66. The van der Waals surface area contributed by atoms with E-state index >= 15 is 0 Å². The first kappa shape index (κ1) is 13.4. The number of ether oxygens (including phenoxy) is 1. The third-order valence-electron chi connectivity index (χ3n) is 2.66. The van der Waals surface area contributed by atoms with E-state index in [1.165, 1.54) is 6.20 Å². The van der Waals surface area contributed by atoms with Crippen LogP contribution < -0.4 is 0 Å². The number of aromatic nitrogens is 2. The molecule has 0 saturated carbocycles. The summed E-state index contributed by atoms with van der Waals surface area (Å²) in [6, 6.07) is 4.83. The van der Waals surface area contributed by atoms with Crippen molar-refractivity contribution in [2.45, 2.75) is 19.1 Å². The molecule has 0 fully saturated rings. The fourth-order valence-electron chi connectivity index (χ4n) is 1.70. The topological polar surface area (TPSA) is 92.5 Å². The van der Waals surface area contributed by atoms with Crippen LogP contribution in [-0.4, -0.2) is 38.9 Å². The van der Waals surface area contributed by atoms with Crippen LogP contribution in [0.3, 0.4) is 0 Å². The van der Waals surface area contributed by atoms with Gasteiger partial charge in [-0.1, -0.05) is 6.07 Å². The largest absolute Gasteiger partial charge is 0.464 e. The lowest BCUT2D eigenvalue weighted by molar-refractivity contribution is -0.159. The van der Waals surface area contributed by atoms with Gasteiger partial charge in [0.05, 0.1) is 17.6 Å². The Hall–Kier alpha value is -2.05. The van der Waals surface area contributed by atoms with Crippen LogP contribution in [0.15, 0.2) is 30.6 Å². The third kappa shape index (κ3) is 2.86. The summed E-state index contributed by atoms with van der Waals surface area (Å²) in [6.07, 6.45) is 0.117. The number of rotatable bonds is 4. The predicted molar refractivity (Wildman–Crippen MR) is 67.1 cm³/mol. The molecule has 0 aliphatic rings. The maximum Gasteiger partial charge on any atom is 0.338 e. The number of fused-ring (bicyclic) bond motifs is 1. The van der Waals surface area contributed by atoms with Gasteiger partial charge >= 0.3 is 5.97 Å². The van der Waals surface area contributed by atoms with E-state index in [9.17, 15) is 15.0 Å². The molecule has 1 aromatic carbocycles. The SMILES string of the molecule is CCOC(=O)C(O)C(O)c1ccc2nccnc2c1. The van der Waals surface area contributed by atoms with E-state index in [1.807, 2.05) is 0 Å². The van der Waals surface area contributed by atoms with Crippen molar-refractivity contribution in [2.75, 3.05) is 6.61 Å². The zero-order valence-electron chi connectivity index (χ0n) is 10.4. The zero-order chi connectivity index (χ0) is 13.8. The van der Waals surface area contributed by atoms with Gasteiger partial charge in [-0.3, -0.25) is 9.97 Å². The van der Waals surface area contributed by atoms with Crippen molar-refractivity contribution in [1.29, 1.82) is 0 Å². The molecule has 19 heavy (non-hydrogen) atoms. The number of aliphatic hydroxyl groups excluding tert-OH is 2. The van der Waals surface area contributed by atoms with Gasteiger partial charge in [0.15, 0.2) is 6.10 Å². The first-order valence-electron chi connectivity index (χ1n) is 5.87. The van der Waals surface area contributed by atoms with E-state index in [0.717, 1.165) is 0 Å². The highest BCUT2D eigenvalue weighted by Gasteiger charge is 2.27. The molecule has 0 aliphatic carbocycles. The molecular weight excluding hydrogens is 248 g/mol. The lowest BCUT2D eigenvalue weighted by atomic mass is 10.0. The maximum atomic E-state index is 11.4. The summed E-state index contributed by atoms with van der Waals surface area (Å²) in [7, 11) is 0. The highest BCUT2D eigenvalue weighted by Crippen LogP contribution is 2.21. The standard InChI is InChI=1S/C13H14N2O4/c1-2-19-13(18)12(17)11(16)8-3-4-9-10(7-8)15-6-5-14-9/h3-7,11-12,16-17H,2H2,1H3. The Morgan fingerprint density at radius 2 is 1.95 bits per heavy atom. The van der Waals surface area contributed by atoms with E-state index in [-0.39, 0.29) is 6.61 Å². The van der Waals surface area contributed by atoms with Crippen LogP contribution in [0.4, 0.5) is 0 Å². The predicted octanol–water partition coefficient (Wildman–Crippen LogP) is 0.587. The summed E-state index contributed by atoms with van der Waals surface area (Å²) in [5.74, 6) is -0.853. The molecule has 2 rings (SSSR count). The van der Waals surface area contributed by atoms with E-state index < -0.39 is 18.2 Å². The lowest BCUT2D eigenvalue weighted by Crippen LogP contribution is -2.29. The monoisotopic (exact) mass is 262 g/mol. The summed E-state index contributed by atoms with van der Waals surface area (Å²) >= 11 is 0. The Labute approximate surface area is 109 Å². The minimum absolute atomic E-state index is 0.145. The average Bonchev–Trinajstić information content (AvgIpc) is 2.45. The van der Waals surface area contributed by atoms with E-state index in [0.29, 0.717) is 16.6 Å². The molecule has 6 nitrogen and oxygen atoms in total. The van der Waals surface area contributed by atoms with Crippen LogP contribution in [-0.2, 0) is 9.53 Å². The first-order chi connectivity index (χ1) is 9.13. The van der Waals surface area contributed by atoms with Gasteiger partial charge in [-0.15, -0.1) is 0 Å². The van der Waals surface area contributed by atoms with Crippen molar-refractivity contribution in [3.05, 3.63) is 36.2 Å². The Morgan fingerprint density at radius 3 is 2.63 bits per heavy atom. The molecule has 0 spiro atoms. The third-order valence-corrected chi connectivity index (χ3v) is 2.66. The molecule has 1 aromatic heterocycles. The number of esters is 1. The van der Waals surface area contributed by atoms with Gasteiger partial charge in [-0.2, -0.15) is 0 Å². The average molecular weight is 262 g/mol. The van der Waals surface area contributed by atoms with E-state index in [1.54, 1.807) is 31.3 Å². The van der Waals surface area contributed by atoms with Gasteiger partial charge in [0.25, 0.3) is 0 Å². The van der Waals surface area contributed by atoms with Crippen LogP contribution in [0.1, 0.15) is 18.6 Å². The molecule has 2 unspecified atom stereocenters. The Morgan fingerprint density at radius 1 is 1.26 bits per heavy atom. The van der Waals surface area contributed by atoms with Crippen LogP contribution in [0.2, 0.25) is 0 Å². The number of hydrogen-bond donors (Lipinski definition) is 2. The van der Waals surface area contributed by atoms with Crippen molar-refractivity contribution in [1.82, 2.24) is 9.97 Å². The van der Waals surface area contributed by atoms with Gasteiger partial charge < -0.3 is 14.9 Å². The van der Waals surface area contributed by atoms with Gasteiger partial charge in [-0.05, 0) is 24.6 Å². The van der Waals surface area contributed by atoms with Crippen LogP contribution in [0, 0.1) is 0 Å². The number of benzene rings is 1. The molecule has 6 heteroatoms. The zero-order valence-corrected chi connectivity index (χ0v) is 10.4.